The van der Waals surface area contributed by atoms with Gasteiger partial charge < -0.3 is 14.7 Å². The summed E-state index contributed by atoms with van der Waals surface area (Å²) in [7, 11) is 5.62. The number of rotatable bonds is 4. The molecule has 1 heterocycles. The van der Waals surface area contributed by atoms with Crippen LogP contribution >= 0.6 is 11.6 Å². The van der Waals surface area contributed by atoms with Crippen molar-refractivity contribution in [1.29, 1.82) is 0 Å². The molecular formula is C15H21ClN2O2. The predicted molar refractivity (Wildman–Crippen MR) is 82.1 cm³/mol. The van der Waals surface area contributed by atoms with Crippen molar-refractivity contribution in [3.8, 4) is 11.5 Å². The van der Waals surface area contributed by atoms with Gasteiger partial charge in [0.15, 0.2) is 0 Å². The average molecular weight is 297 g/mol. The van der Waals surface area contributed by atoms with Gasteiger partial charge in [0.1, 0.15) is 11.5 Å². The van der Waals surface area contributed by atoms with Gasteiger partial charge in [0.2, 0.25) is 0 Å². The van der Waals surface area contributed by atoms with Gasteiger partial charge in [-0.05, 0) is 38.6 Å². The van der Waals surface area contributed by atoms with Crippen LogP contribution < -0.4 is 4.74 Å². The van der Waals surface area contributed by atoms with Crippen molar-refractivity contribution in [3.05, 3.63) is 29.3 Å². The molecule has 0 aliphatic carbocycles. The highest BCUT2D eigenvalue weighted by molar-refractivity contribution is 6.32. The third-order valence-corrected chi connectivity index (χ3v) is 4.23. The molecule has 0 bridgehead atoms. The zero-order valence-corrected chi connectivity index (χ0v) is 12.9. The Morgan fingerprint density at radius 3 is 2.80 bits per heavy atom. The lowest BCUT2D eigenvalue weighted by Crippen LogP contribution is -2.39. The highest BCUT2D eigenvalue weighted by Gasteiger charge is 2.28. The van der Waals surface area contributed by atoms with Crippen LogP contribution in [0.4, 0.5) is 0 Å². The number of hydrogen-bond donors (Lipinski definition) is 1. The van der Waals surface area contributed by atoms with E-state index in [1.165, 1.54) is 0 Å². The molecule has 1 fully saturated rings. The lowest BCUT2D eigenvalue weighted by atomic mass is 10.1. The molecule has 5 heteroatoms. The van der Waals surface area contributed by atoms with Gasteiger partial charge in [-0.3, -0.25) is 4.90 Å². The Hall–Kier alpha value is -1.39. The monoisotopic (exact) mass is 296 g/mol. The Morgan fingerprint density at radius 2 is 2.25 bits per heavy atom. The average Bonchev–Trinajstić information content (AvgIpc) is 2.85. The number of benzene rings is 1. The highest BCUT2D eigenvalue weighted by atomic mass is 35.5. The first-order valence-corrected chi connectivity index (χ1v) is 7.03. The smallest absolute Gasteiger partial charge is 0.150 e. The Morgan fingerprint density at radius 1 is 1.55 bits per heavy atom. The number of ether oxygens (including phenoxy) is 1. The van der Waals surface area contributed by atoms with E-state index in [4.69, 9.17) is 16.3 Å². The van der Waals surface area contributed by atoms with Crippen LogP contribution in [0, 0.1) is 0 Å². The third kappa shape index (κ3) is 2.58. The van der Waals surface area contributed by atoms with Crippen LogP contribution in [0.2, 0.25) is 5.02 Å². The van der Waals surface area contributed by atoms with E-state index in [0.29, 0.717) is 22.0 Å². The topological polar surface area (TPSA) is 35.9 Å². The van der Waals surface area contributed by atoms with Crippen molar-refractivity contribution >= 4 is 17.3 Å². The molecular weight excluding hydrogens is 276 g/mol. The van der Waals surface area contributed by atoms with Crippen LogP contribution in [0.25, 0.3) is 5.70 Å². The molecule has 1 atom stereocenters. The van der Waals surface area contributed by atoms with Gasteiger partial charge in [-0.25, -0.2) is 0 Å². The van der Waals surface area contributed by atoms with E-state index in [0.717, 1.165) is 19.4 Å². The molecule has 1 aromatic carbocycles. The fourth-order valence-corrected chi connectivity index (χ4v) is 3.00. The minimum atomic E-state index is 0.128. The van der Waals surface area contributed by atoms with Crippen molar-refractivity contribution in [3.63, 3.8) is 0 Å². The van der Waals surface area contributed by atoms with Crippen molar-refractivity contribution in [2.45, 2.75) is 19.0 Å². The minimum absolute atomic E-state index is 0.128. The summed E-state index contributed by atoms with van der Waals surface area (Å²) in [5.74, 6) is 0.591. The quantitative estimate of drug-likeness (QED) is 0.926. The largest absolute Gasteiger partial charge is 0.507 e. The second-order valence-corrected chi connectivity index (χ2v) is 5.54. The van der Waals surface area contributed by atoms with Crippen LogP contribution in [0.1, 0.15) is 18.4 Å². The molecule has 0 radical (unpaired) electrons. The number of likely N-dealkylation sites (tertiary alicyclic amines) is 1. The first-order valence-electron chi connectivity index (χ1n) is 6.65. The SMILES string of the molecule is C=C(c1c(O)ccc(Cl)c1OC)N(C)C1CCCN1C. The van der Waals surface area contributed by atoms with Gasteiger partial charge in [0.25, 0.3) is 0 Å². The summed E-state index contributed by atoms with van der Waals surface area (Å²) in [5.41, 5.74) is 1.27. The number of methoxy groups -OCH3 is 1. The standard InChI is InChI=1S/C15H21ClN2O2/c1-10(18(3)13-6-5-9-17(13)2)14-12(19)8-7-11(16)15(14)20-4/h7-8,13,19H,1,5-6,9H2,2-4H3. The van der Waals surface area contributed by atoms with Gasteiger partial charge in [-0.2, -0.15) is 0 Å². The second-order valence-electron chi connectivity index (χ2n) is 5.14. The van der Waals surface area contributed by atoms with Crippen molar-refractivity contribution in [2.24, 2.45) is 0 Å². The molecule has 0 amide bonds. The summed E-state index contributed by atoms with van der Waals surface area (Å²) in [6.07, 6.45) is 2.53. The molecule has 1 aliphatic heterocycles. The Kier molecular flexibility index (Phi) is 4.45. The second kappa shape index (κ2) is 5.94. The molecule has 20 heavy (non-hydrogen) atoms. The fourth-order valence-electron chi connectivity index (χ4n) is 2.76. The molecule has 1 N–H and O–H groups in total. The zero-order valence-electron chi connectivity index (χ0n) is 12.2. The predicted octanol–water partition coefficient (Wildman–Crippen LogP) is 3.01. The van der Waals surface area contributed by atoms with Crippen molar-refractivity contribution < 1.29 is 9.84 Å². The molecule has 1 unspecified atom stereocenters. The number of phenolic OH excluding ortho intramolecular Hbond substituents is 1. The Balaban J connectivity index is 2.35. The Bertz CT molecular complexity index is 519. The summed E-state index contributed by atoms with van der Waals surface area (Å²) in [4.78, 5) is 4.35. The van der Waals surface area contributed by atoms with E-state index in [2.05, 4.69) is 23.4 Å². The van der Waals surface area contributed by atoms with Gasteiger partial charge in [-0.1, -0.05) is 18.2 Å². The van der Waals surface area contributed by atoms with E-state index in [-0.39, 0.29) is 11.9 Å². The van der Waals surface area contributed by atoms with Gasteiger partial charge in [0.05, 0.1) is 23.9 Å². The van der Waals surface area contributed by atoms with Crippen LogP contribution in [-0.4, -0.2) is 48.8 Å². The van der Waals surface area contributed by atoms with E-state index < -0.39 is 0 Å². The fraction of sp³-hybridized carbons (Fsp3) is 0.467. The highest BCUT2D eigenvalue weighted by Crippen LogP contribution is 2.40. The van der Waals surface area contributed by atoms with Crippen molar-refractivity contribution in [2.75, 3.05) is 27.7 Å². The van der Waals surface area contributed by atoms with Gasteiger partial charge in [-0.15, -0.1) is 0 Å². The number of phenols is 1. The molecule has 1 saturated heterocycles. The summed E-state index contributed by atoms with van der Waals surface area (Å²) in [6.45, 7) is 5.19. The maximum Gasteiger partial charge on any atom is 0.150 e. The van der Waals surface area contributed by atoms with E-state index >= 15 is 0 Å². The van der Waals surface area contributed by atoms with E-state index in [9.17, 15) is 5.11 Å². The molecule has 1 aromatic rings. The number of nitrogens with zero attached hydrogens (tertiary/aromatic N) is 2. The maximum atomic E-state index is 10.1. The third-order valence-electron chi connectivity index (χ3n) is 3.94. The molecule has 0 saturated carbocycles. The van der Waals surface area contributed by atoms with Crippen molar-refractivity contribution in [1.82, 2.24) is 9.80 Å². The molecule has 1 aliphatic rings. The van der Waals surface area contributed by atoms with Crippen LogP contribution in [-0.2, 0) is 0 Å². The van der Waals surface area contributed by atoms with Crippen LogP contribution in [0.5, 0.6) is 11.5 Å². The number of halogens is 1. The lowest BCUT2D eigenvalue weighted by molar-refractivity contribution is 0.176. The van der Waals surface area contributed by atoms with E-state index in [1.54, 1.807) is 19.2 Å². The lowest BCUT2D eigenvalue weighted by Gasteiger charge is -2.33. The maximum absolute atomic E-state index is 10.1. The molecule has 0 spiro atoms. The summed E-state index contributed by atoms with van der Waals surface area (Å²) in [6, 6.07) is 3.19. The molecule has 0 aromatic heterocycles. The first-order chi connectivity index (χ1) is 9.47. The summed E-state index contributed by atoms with van der Waals surface area (Å²) >= 11 is 6.13. The molecule has 110 valence electrons. The minimum Gasteiger partial charge on any atom is -0.507 e. The van der Waals surface area contributed by atoms with E-state index in [1.807, 2.05) is 7.05 Å². The summed E-state index contributed by atoms with van der Waals surface area (Å²) < 4.78 is 5.32. The molecule has 4 nitrogen and oxygen atoms in total. The Labute approximate surface area is 125 Å². The summed E-state index contributed by atoms with van der Waals surface area (Å²) in [5, 5.41) is 10.6. The van der Waals surface area contributed by atoms with Crippen LogP contribution in [0.3, 0.4) is 0 Å². The van der Waals surface area contributed by atoms with Gasteiger partial charge >= 0.3 is 0 Å². The first kappa shape index (κ1) is 15.0. The normalized spacial score (nSPS) is 19.1. The number of aromatic hydroxyl groups is 1. The zero-order chi connectivity index (χ0) is 14.9. The number of hydrogen-bond acceptors (Lipinski definition) is 4. The molecule has 2 rings (SSSR count). The van der Waals surface area contributed by atoms with Gasteiger partial charge in [0, 0.05) is 12.7 Å². The van der Waals surface area contributed by atoms with Crippen LogP contribution in [0.15, 0.2) is 18.7 Å².